The number of alkyl halides is 3. The molecule has 1 aromatic carbocycles. The van der Waals surface area contributed by atoms with Crippen LogP contribution in [0, 0.1) is 5.82 Å². The van der Waals surface area contributed by atoms with E-state index in [2.05, 4.69) is 11.6 Å². The van der Waals surface area contributed by atoms with Crippen molar-refractivity contribution in [2.75, 3.05) is 6.26 Å². The van der Waals surface area contributed by atoms with Crippen LogP contribution in [-0.2, 0) is 16.0 Å². The van der Waals surface area contributed by atoms with E-state index in [-0.39, 0.29) is 21.0 Å². The third-order valence-electron chi connectivity index (χ3n) is 3.44. The summed E-state index contributed by atoms with van der Waals surface area (Å²) >= 11 is 0.413. The van der Waals surface area contributed by atoms with Crippen molar-refractivity contribution in [2.24, 2.45) is 0 Å². The number of nitrogens with zero attached hydrogens (tertiary/aromatic N) is 1. The molecule has 0 radical (unpaired) electrons. The van der Waals surface area contributed by atoms with E-state index in [1.165, 1.54) is 37.3 Å². The van der Waals surface area contributed by atoms with Crippen molar-refractivity contribution in [2.45, 2.75) is 13.1 Å². The quantitative estimate of drug-likeness (QED) is 0.478. The zero-order chi connectivity index (χ0) is 20.4. The highest BCUT2D eigenvalue weighted by Gasteiger charge is 2.36. The maximum atomic E-state index is 13.1. The van der Waals surface area contributed by atoms with Crippen molar-refractivity contribution in [3.05, 3.63) is 70.5 Å². The van der Waals surface area contributed by atoms with Crippen molar-refractivity contribution < 1.29 is 26.0 Å². The Morgan fingerprint density at radius 1 is 1.19 bits per heavy atom. The molecule has 144 valence electrons. The predicted octanol–water partition coefficient (Wildman–Crippen LogP) is 5.49. The van der Waals surface area contributed by atoms with Gasteiger partial charge >= 0.3 is 6.18 Å². The molecule has 3 nitrogen and oxygen atoms in total. The Balaban J connectivity index is 2.53. The second-order valence-electron chi connectivity index (χ2n) is 5.52. The molecule has 0 aliphatic heterocycles. The Morgan fingerprint density at radius 2 is 1.78 bits per heavy atom. The summed E-state index contributed by atoms with van der Waals surface area (Å²) in [4.78, 5) is 3.79. The van der Waals surface area contributed by atoms with Crippen LogP contribution >= 0.6 is 11.3 Å². The van der Waals surface area contributed by atoms with Crippen LogP contribution in [0.2, 0.25) is 0 Å². The average molecular weight is 417 g/mol. The molecule has 2 aromatic rings. The first kappa shape index (κ1) is 21.0. The van der Waals surface area contributed by atoms with Gasteiger partial charge in [0.05, 0.1) is 15.5 Å². The van der Waals surface area contributed by atoms with Gasteiger partial charge in [-0.3, -0.25) is 0 Å². The van der Waals surface area contributed by atoms with Crippen LogP contribution in [0.3, 0.4) is 0 Å². The van der Waals surface area contributed by atoms with Gasteiger partial charge in [-0.25, -0.2) is 17.8 Å². The molecule has 0 bridgehead atoms. The van der Waals surface area contributed by atoms with Crippen LogP contribution in [0.4, 0.5) is 17.6 Å². The van der Waals surface area contributed by atoms with Crippen LogP contribution in [0.5, 0.6) is 0 Å². The Labute approximate surface area is 158 Å². The fraction of sp³-hybridized carbons (Fsp3) is 0.167. The number of allylic oxidation sites excluding steroid dienone is 4. The largest absolute Gasteiger partial charge is 0.443 e. The molecule has 2 rings (SSSR count). The summed E-state index contributed by atoms with van der Waals surface area (Å²) in [6.07, 6.45) is 0.270. The van der Waals surface area contributed by atoms with E-state index >= 15 is 0 Å². The lowest BCUT2D eigenvalue weighted by Crippen LogP contribution is -2.03. The molecule has 0 spiro atoms. The number of benzene rings is 1. The molecule has 0 atom stereocenters. The number of aromatic nitrogens is 1. The fourth-order valence-corrected chi connectivity index (χ4v) is 3.87. The SMILES string of the molecule is C=C(/C=C\C(=C/C)S(C)(=O)=O)c1nc(C(F)(F)F)sc1-c1ccc(F)cc1. The van der Waals surface area contributed by atoms with Gasteiger partial charge in [0.15, 0.2) is 14.8 Å². The molecule has 0 aliphatic carbocycles. The van der Waals surface area contributed by atoms with Crippen LogP contribution in [0.1, 0.15) is 17.6 Å². The van der Waals surface area contributed by atoms with Crippen molar-refractivity contribution in [3.63, 3.8) is 0 Å². The third kappa shape index (κ3) is 5.14. The summed E-state index contributed by atoms with van der Waals surface area (Å²) in [6, 6.07) is 4.95. The first-order chi connectivity index (χ1) is 12.4. The Hall–Kier alpha value is -2.26. The summed E-state index contributed by atoms with van der Waals surface area (Å²) < 4.78 is 75.7. The number of hydrogen-bond donors (Lipinski definition) is 0. The Bertz CT molecular complexity index is 1010. The Morgan fingerprint density at radius 3 is 2.26 bits per heavy atom. The van der Waals surface area contributed by atoms with Crippen molar-refractivity contribution >= 4 is 26.7 Å². The highest BCUT2D eigenvalue weighted by molar-refractivity contribution is 7.94. The van der Waals surface area contributed by atoms with Crippen molar-refractivity contribution in [1.82, 2.24) is 4.98 Å². The second kappa shape index (κ2) is 7.77. The molecule has 0 aliphatic rings. The minimum absolute atomic E-state index is 0.00161. The number of rotatable bonds is 5. The van der Waals surface area contributed by atoms with Gasteiger partial charge in [-0.2, -0.15) is 13.2 Å². The zero-order valence-corrected chi connectivity index (χ0v) is 16.0. The van der Waals surface area contributed by atoms with E-state index in [9.17, 15) is 26.0 Å². The minimum atomic E-state index is -4.65. The first-order valence-electron chi connectivity index (χ1n) is 7.51. The van der Waals surface area contributed by atoms with Gasteiger partial charge < -0.3 is 0 Å². The maximum Gasteiger partial charge on any atom is 0.443 e. The van der Waals surface area contributed by atoms with Gasteiger partial charge in [-0.05, 0) is 36.3 Å². The number of thiazole rings is 1. The molecule has 0 saturated carbocycles. The van der Waals surface area contributed by atoms with Crippen LogP contribution in [0.15, 0.2) is 54.0 Å². The molecule has 1 aromatic heterocycles. The summed E-state index contributed by atoms with van der Waals surface area (Å²) in [5.74, 6) is -0.523. The highest BCUT2D eigenvalue weighted by atomic mass is 32.2. The number of halogens is 4. The first-order valence-corrected chi connectivity index (χ1v) is 10.2. The van der Waals surface area contributed by atoms with Crippen LogP contribution in [-0.4, -0.2) is 19.7 Å². The number of sulfone groups is 1. The van der Waals surface area contributed by atoms with Gasteiger partial charge in [0.25, 0.3) is 0 Å². The molecule has 0 unspecified atom stereocenters. The minimum Gasteiger partial charge on any atom is -0.231 e. The van der Waals surface area contributed by atoms with E-state index in [0.717, 1.165) is 18.4 Å². The predicted molar refractivity (Wildman–Crippen MR) is 99.3 cm³/mol. The Kier molecular flexibility index (Phi) is 6.06. The fourth-order valence-electron chi connectivity index (χ4n) is 2.15. The molecule has 0 saturated heterocycles. The number of hydrogen-bond acceptors (Lipinski definition) is 4. The van der Waals surface area contributed by atoms with Crippen molar-refractivity contribution in [3.8, 4) is 10.4 Å². The highest BCUT2D eigenvalue weighted by Crippen LogP contribution is 2.41. The molecule has 0 fully saturated rings. The summed E-state index contributed by atoms with van der Waals surface area (Å²) in [7, 11) is -3.48. The summed E-state index contributed by atoms with van der Waals surface area (Å²) in [6.45, 7) is 5.23. The van der Waals surface area contributed by atoms with E-state index in [1.807, 2.05) is 0 Å². The lowest BCUT2D eigenvalue weighted by atomic mass is 10.1. The third-order valence-corrected chi connectivity index (χ3v) is 5.82. The van der Waals surface area contributed by atoms with E-state index in [0.29, 0.717) is 16.9 Å². The monoisotopic (exact) mass is 417 g/mol. The lowest BCUT2D eigenvalue weighted by Gasteiger charge is -2.03. The normalized spacial score (nSPS) is 13.3. The van der Waals surface area contributed by atoms with Gasteiger partial charge in [-0.1, -0.05) is 30.9 Å². The maximum absolute atomic E-state index is 13.1. The van der Waals surface area contributed by atoms with Crippen LogP contribution in [0.25, 0.3) is 16.0 Å². The van der Waals surface area contributed by atoms with Gasteiger partial charge in [0.1, 0.15) is 5.82 Å². The molecular weight excluding hydrogens is 402 g/mol. The second-order valence-corrected chi connectivity index (χ2v) is 8.54. The lowest BCUT2D eigenvalue weighted by molar-refractivity contribution is -0.137. The molecule has 27 heavy (non-hydrogen) atoms. The molecular formula is C18H15F4NO2S2. The summed E-state index contributed by atoms with van der Waals surface area (Å²) in [5.41, 5.74) is 0.409. The summed E-state index contributed by atoms with van der Waals surface area (Å²) in [5, 5.41) is -1.07. The standard InChI is InChI=1S/C18H15F4NO2S2/c1-4-14(27(3,24)25)10-5-11(2)15-16(12-6-8-13(19)9-7-12)26-17(23-15)18(20,21)22/h4-10H,2H2,1,3H3/b10-5-,14-4+. The van der Waals surface area contributed by atoms with Gasteiger partial charge in [0.2, 0.25) is 0 Å². The average Bonchev–Trinajstić information content (AvgIpc) is 3.00. The topological polar surface area (TPSA) is 47.0 Å². The van der Waals surface area contributed by atoms with E-state index in [1.54, 1.807) is 0 Å². The van der Waals surface area contributed by atoms with Gasteiger partial charge in [0, 0.05) is 6.26 Å². The molecule has 1 heterocycles. The van der Waals surface area contributed by atoms with E-state index < -0.39 is 26.8 Å². The molecule has 9 heteroatoms. The van der Waals surface area contributed by atoms with Crippen LogP contribution < -0.4 is 0 Å². The smallest absolute Gasteiger partial charge is 0.231 e. The molecule has 0 amide bonds. The van der Waals surface area contributed by atoms with E-state index in [4.69, 9.17) is 0 Å². The van der Waals surface area contributed by atoms with Crippen molar-refractivity contribution in [1.29, 1.82) is 0 Å². The zero-order valence-electron chi connectivity index (χ0n) is 14.3. The molecule has 0 N–H and O–H groups in total. The van der Waals surface area contributed by atoms with Gasteiger partial charge in [-0.15, -0.1) is 11.3 Å².